The van der Waals surface area contributed by atoms with Crippen LogP contribution in [0.4, 0.5) is 10.5 Å². The van der Waals surface area contributed by atoms with Crippen molar-refractivity contribution < 1.29 is 14.0 Å². The van der Waals surface area contributed by atoms with Crippen molar-refractivity contribution in [2.75, 3.05) is 18.0 Å². The zero-order chi connectivity index (χ0) is 16.4. The molecule has 1 fully saturated rings. The predicted octanol–water partition coefficient (Wildman–Crippen LogP) is 2.95. The molecule has 3 amide bonds. The van der Waals surface area contributed by atoms with E-state index >= 15 is 0 Å². The fourth-order valence-corrected chi connectivity index (χ4v) is 2.59. The maximum Gasteiger partial charge on any atom is 0.321 e. The molecule has 1 aromatic carbocycles. The lowest BCUT2D eigenvalue weighted by atomic mass is 10.1. The minimum Gasteiger partial charge on any atom is -0.440 e. The molecule has 3 rings (SSSR count). The number of nitrogens with zero attached hydrogens (tertiary/aromatic N) is 1. The van der Waals surface area contributed by atoms with Gasteiger partial charge in [-0.1, -0.05) is 12.1 Å². The molecule has 0 aliphatic carbocycles. The van der Waals surface area contributed by atoms with Crippen LogP contribution in [0.25, 0.3) is 0 Å². The van der Waals surface area contributed by atoms with E-state index < -0.39 is 0 Å². The highest BCUT2D eigenvalue weighted by Gasteiger charge is 2.21. The molecular weight excluding hydrogens is 318 g/mol. The summed E-state index contributed by atoms with van der Waals surface area (Å²) in [5.41, 5.74) is 1.76. The molecule has 23 heavy (non-hydrogen) atoms. The Morgan fingerprint density at radius 2 is 2.04 bits per heavy atom. The molecule has 1 aliphatic rings. The molecule has 2 N–H and O–H groups in total. The lowest BCUT2D eigenvalue weighted by molar-refractivity contribution is 0.0912. The average molecular weight is 334 g/mol. The highest BCUT2D eigenvalue weighted by molar-refractivity contribution is 6.29. The molecule has 6 nitrogen and oxygen atoms in total. The molecule has 0 spiro atoms. The van der Waals surface area contributed by atoms with Crippen molar-refractivity contribution in [3.05, 3.63) is 52.9 Å². The van der Waals surface area contributed by atoms with Gasteiger partial charge in [0.25, 0.3) is 5.91 Å². The van der Waals surface area contributed by atoms with Crippen molar-refractivity contribution in [1.82, 2.24) is 10.6 Å². The first-order valence-electron chi connectivity index (χ1n) is 7.26. The highest BCUT2D eigenvalue weighted by Crippen LogP contribution is 2.21. The van der Waals surface area contributed by atoms with E-state index in [0.29, 0.717) is 13.1 Å². The highest BCUT2D eigenvalue weighted by atomic mass is 35.5. The van der Waals surface area contributed by atoms with Crippen LogP contribution >= 0.6 is 11.6 Å². The Kier molecular flexibility index (Phi) is 4.25. The van der Waals surface area contributed by atoms with Crippen molar-refractivity contribution in [3.63, 3.8) is 0 Å². The second-order valence-electron chi connectivity index (χ2n) is 5.27. The minimum atomic E-state index is -0.326. The van der Waals surface area contributed by atoms with Crippen LogP contribution < -0.4 is 15.5 Å². The summed E-state index contributed by atoms with van der Waals surface area (Å²) >= 11 is 5.67. The third-order valence-corrected chi connectivity index (χ3v) is 3.91. The quantitative estimate of drug-likeness (QED) is 0.903. The van der Waals surface area contributed by atoms with Crippen molar-refractivity contribution in [2.45, 2.75) is 13.0 Å². The maximum atomic E-state index is 12.0. The molecule has 2 aromatic rings. The number of urea groups is 1. The third kappa shape index (κ3) is 3.32. The van der Waals surface area contributed by atoms with Crippen molar-refractivity contribution in [2.24, 2.45) is 0 Å². The number of amides is 3. The van der Waals surface area contributed by atoms with Gasteiger partial charge in [-0.2, -0.15) is 0 Å². The van der Waals surface area contributed by atoms with Crippen LogP contribution in [0, 0.1) is 0 Å². The summed E-state index contributed by atoms with van der Waals surface area (Å²) in [7, 11) is 0. The average Bonchev–Trinajstić information content (AvgIpc) is 3.16. The number of hydrogen-bond donors (Lipinski definition) is 2. The van der Waals surface area contributed by atoms with E-state index in [1.165, 1.54) is 12.1 Å². The summed E-state index contributed by atoms with van der Waals surface area (Å²) in [6.45, 7) is 3.18. The number of carbonyl (C=O) groups is 2. The smallest absolute Gasteiger partial charge is 0.321 e. The van der Waals surface area contributed by atoms with Gasteiger partial charge in [-0.3, -0.25) is 9.69 Å². The van der Waals surface area contributed by atoms with Gasteiger partial charge in [0.15, 0.2) is 11.0 Å². The number of carbonyl (C=O) groups excluding carboxylic acids is 2. The summed E-state index contributed by atoms with van der Waals surface area (Å²) in [6.07, 6.45) is 0. The van der Waals surface area contributed by atoms with E-state index in [4.69, 9.17) is 16.0 Å². The number of benzene rings is 1. The Labute approximate surface area is 138 Å². The van der Waals surface area contributed by atoms with Gasteiger partial charge in [0.1, 0.15) is 0 Å². The Bertz CT molecular complexity index is 726. The topological polar surface area (TPSA) is 74.6 Å². The molecule has 1 unspecified atom stereocenters. The van der Waals surface area contributed by atoms with Crippen molar-refractivity contribution in [1.29, 1.82) is 0 Å². The SMILES string of the molecule is CC(NC(=O)c1ccc(Cl)o1)c1ccc(N2CCNC2=O)cc1. The van der Waals surface area contributed by atoms with Gasteiger partial charge < -0.3 is 15.1 Å². The molecule has 7 heteroatoms. The lowest BCUT2D eigenvalue weighted by Gasteiger charge is -2.17. The molecule has 1 aliphatic heterocycles. The summed E-state index contributed by atoms with van der Waals surface area (Å²) in [5.74, 6) is -0.153. The first-order chi connectivity index (χ1) is 11.0. The molecule has 1 aromatic heterocycles. The Morgan fingerprint density at radius 1 is 1.30 bits per heavy atom. The number of anilines is 1. The zero-order valence-corrected chi connectivity index (χ0v) is 13.3. The van der Waals surface area contributed by atoms with Gasteiger partial charge in [0.2, 0.25) is 0 Å². The van der Waals surface area contributed by atoms with Crippen LogP contribution in [0.5, 0.6) is 0 Å². The number of nitrogens with one attached hydrogen (secondary N) is 2. The fourth-order valence-electron chi connectivity index (χ4n) is 2.45. The monoisotopic (exact) mass is 333 g/mol. The molecule has 0 radical (unpaired) electrons. The molecule has 0 bridgehead atoms. The Hall–Kier alpha value is -2.47. The first-order valence-corrected chi connectivity index (χ1v) is 7.64. The largest absolute Gasteiger partial charge is 0.440 e. The second-order valence-corrected chi connectivity index (χ2v) is 5.65. The number of halogens is 1. The summed E-state index contributed by atoms with van der Waals surface area (Å²) in [4.78, 5) is 25.3. The molecule has 0 saturated carbocycles. The fraction of sp³-hybridized carbons (Fsp3) is 0.250. The van der Waals surface area contributed by atoms with E-state index in [1.807, 2.05) is 31.2 Å². The predicted molar refractivity (Wildman–Crippen MR) is 86.8 cm³/mol. The first kappa shape index (κ1) is 15.4. The van der Waals surface area contributed by atoms with Gasteiger partial charge in [-0.05, 0) is 48.4 Å². The standard InChI is InChI=1S/C16H16ClN3O3/c1-10(19-15(21)13-6-7-14(17)23-13)11-2-4-12(5-3-11)20-9-8-18-16(20)22/h2-7,10H,8-9H2,1H3,(H,18,22)(H,19,21). The van der Waals surface area contributed by atoms with Crippen LogP contribution in [0.15, 0.2) is 40.8 Å². The molecule has 120 valence electrons. The number of rotatable bonds is 4. The summed E-state index contributed by atoms with van der Waals surface area (Å²) in [5, 5.41) is 5.78. The van der Waals surface area contributed by atoms with Crippen molar-refractivity contribution >= 4 is 29.2 Å². The number of hydrogen-bond acceptors (Lipinski definition) is 3. The van der Waals surface area contributed by atoms with Crippen LogP contribution in [0.2, 0.25) is 5.22 Å². The van der Waals surface area contributed by atoms with Gasteiger partial charge in [-0.25, -0.2) is 4.79 Å². The van der Waals surface area contributed by atoms with Crippen molar-refractivity contribution in [3.8, 4) is 0 Å². The minimum absolute atomic E-state index is 0.0891. The van der Waals surface area contributed by atoms with E-state index in [2.05, 4.69) is 10.6 Å². The van der Waals surface area contributed by atoms with E-state index in [1.54, 1.807) is 4.90 Å². The van der Waals surface area contributed by atoms with Gasteiger partial charge in [0.05, 0.1) is 6.04 Å². The maximum absolute atomic E-state index is 12.0. The van der Waals surface area contributed by atoms with E-state index in [0.717, 1.165) is 11.3 Å². The second kappa shape index (κ2) is 6.34. The zero-order valence-electron chi connectivity index (χ0n) is 12.5. The number of furan rings is 1. The van der Waals surface area contributed by atoms with Crippen LogP contribution in [0.3, 0.4) is 0 Å². The van der Waals surface area contributed by atoms with E-state index in [-0.39, 0.29) is 29.0 Å². The summed E-state index contributed by atoms with van der Waals surface area (Å²) in [6, 6.07) is 10.3. The van der Waals surface area contributed by atoms with Gasteiger partial charge in [0, 0.05) is 18.8 Å². The van der Waals surface area contributed by atoms with Gasteiger partial charge in [-0.15, -0.1) is 0 Å². The van der Waals surface area contributed by atoms with Crippen LogP contribution in [0.1, 0.15) is 29.1 Å². The normalized spacial score (nSPS) is 15.4. The Balaban J connectivity index is 1.66. The third-order valence-electron chi connectivity index (χ3n) is 3.71. The van der Waals surface area contributed by atoms with Crippen LogP contribution in [-0.4, -0.2) is 25.0 Å². The summed E-state index contributed by atoms with van der Waals surface area (Å²) < 4.78 is 5.08. The molecular formula is C16H16ClN3O3. The molecule has 2 heterocycles. The lowest BCUT2D eigenvalue weighted by Crippen LogP contribution is -2.28. The Morgan fingerprint density at radius 3 is 2.61 bits per heavy atom. The molecule has 1 saturated heterocycles. The molecule has 1 atom stereocenters. The van der Waals surface area contributed by atoms with Gasteiger partial charge >= 0.3 is 6.03 Å². The van der Waals surface area contributed by atoms with E-state index in [9.17, 15) is 9.59 Å². The van der Waals surface area contributed by atoms with Crippen LogP contribution in [-0.2, 0) is 0 Å².